The monoisotopic (exact) mass is 369 g/mol. The van der Waals surface area contributed by atoms with Crippen molar-refractivity contribution in [1.29, 1.82) is 0 Å². The van der Waals surface area contributed by atoms with Crippen LogP contribution in [0.15, 0.2) is 40.9 Å². The average molecular weight is 371 g/mol. The number of carbonyl (C=O) groups is 1. The third-order valence-electron chi connectivity index (χ3n) is 3.65. The van der Waals surface area contributed by atoms with Crippen molar-refractivity contribution in [3.63, 3.8) is 0 Å². The Bertz CT molecular complexity index is 580. The fourth-order valence-corrected chi connectivity index (χ4v) is 2.65. The molecule has 21 heavy (non-hydrogen) atoms. The molecule has 114 valence electrons. The molecule has 0 spiro atoms. The van der Waals surface area contributed by atoms with Gasteiger partial charge < -0.3 is 4.90 Å². The van der Waals surface area contributed by atoms with Gasteiger partial charge in [-0.1, -0.05) is 36.4 Å². The summed E-state index contributed by atoms with van der Waals surface area (Å²) in [7, 11) is 1.79. The second-order valence-electron chi connectivity index (χ2n) is 5.09. The van der Waals surface area contributed by atoms with E-state index in [1.165, 1.54) is 0 Å². The molecule has 0 bridgehead atoms. The van der Waals surface area contributed by atoms with Gasteiger partial charge in [0.05, 0.1) is 17.5 Å². The number of hydrogen-bond acceptors (Lipinski definition) is 1. The summed E-state index contributed by atoms with van der Waals surface area (Å²) in [6, 6.07) is 3.81. The van der Waals surface area contributed by atoms with Gasteiger partial charge in [0.2, 0.25) is 5.91 Å². The van der Waals surface area contributed by atoms with Gasteiger partial charge in [-0.2, -0.15) is 0 Å². The van der Waals surface area contributed by atoms with Crippen molar-refractivity contribution in [3.8, 4) is 0 Å². The average Bonchev–Trinajstić information content (AvgIpc) is 2.46. The van der Waals surface area contributed by atoms with E-state index in [1.807, 2.05) is 45.1 Å². The summed E-state index contributed by atoms with van der Waals surface area (Å²) >= 11 is 9.69. The minimum absolute atomic E-state index is 0.0243. The maximum Gasteiger partial charge on any atom is 0.227 e. The fraction of sp³-hybridized carbons (Fsp3) is 0.353. The molecule has 1 aromatic rings. The Morgan fingerprint density at radius 3 is 2.71 bits per heavy atom. The molecule has 1 rings (SSSR count). The van der Waals surface area contributed by atoms with Crippen molar-refractivity contribution in [3.05, 3.63) is 57.1 Å². The molecule has 1 atom stereocenters. The number of allylic oxidation sites excluding steroid dienone is 1. The van der Waals surface area contributed by atoms with E-state index >= 15 is 0 Å². The minimum atomic E-state index is -0.0417. The van der Waals surface area contributed by atoms with Crippen molar-refractivity contribution >= 4 is 33.4 Å². The van der Waals surface area contributed by atoms with E-state index < -0.39 is 0 Å². The second-order valence-corrected chi connectivity index (χ2v) is 6.32. The molecule has 0 N–H and O–H groups in total. The van der Waals surface area contributed by atoms with Gasteiger partial charge in [-0.15, -0.1) is 0 Å². The van der Waals surface area contributed by atoms with Crippen LogP contribution in [0, 0.1) is 6.92 Å². The Labute approximate surface area is 140 Å². The highest BCUT2D eigenvalue weighted by Gasteiger charge is 2.19. The van der Waals surface area contributed by atoms with Crippen LogP contribution >= 0.6 is 27.5 Å². The molecular formula is C17H21BrClNO. The van der Waals surface area contributed by atoms with Crippen LogP contribution < -0.4 is 0 Å². The molecule has 0 heterocycles. The molecule has 0 unspecified atom stereocenters. The number of aryl methyl sites for hydroxylation is 1. The smallest absolute Gasteiger partial charge is 0.227 e. The molecule has 4 heteroatoms. The molecule has 0 aliphatic heterocycles. The molecule has 0 aliphatic rings. The number of benzene rings is 1. The Kier molecular flexibility index (Phi) is 6.69. The van der Waals surface area contributed by atoms with Gasteiger partial charge in [-0.05, 0) is 59.5 Å². The van der Waals surface area contributed by atoms with Crippen LogP contribution in [-0.2, 0) is 11.2 Å². The number of nitrogens with zero attached hydrogens (tertiary/aromatic N) is 1. The van der Waals surface area contributed by atoms with Crippen LogP contribution in [0.4, 0.5) is 0 Å². The van der Waals surface area contributed by atoms with Crippen LogP contribution in [0.5, 0.6) is 0 Å². The van der Waals surface area contributed by atoms with Gasteiger partial charge in [-0.3, -0.25) is 4.79 Å². The molecule has 0 aliphatic carbocycles. The van der Waals surface area contributed by atoms with Crippen molar-refractivity contribution in [2.24, 2.45) is 0 Å². The number of rotatable bonds is 5. The van der Waals surface area contributed by atoms with Gasteiger partial charge in [-0.25, -0.2) is 0 Å². The van der Waals surface area contributed by atoms with Crippen LogP contribution in [0.1, 0.15) is 25.0 Å². The maximum absolute atomic E-state index is 12.5. The topological polar surface area (TPSA) is 20.3 Å². The maximum atomic E-state index is 12.5. The molecule has 2 nitrogen and oxygen atoms in total. The lowest BCUT2D eigenvalue weighted by Crippen LogP contribution is -2.37. The Morgan fingerprint density at radius 2 is 2.14 bits per heavy atom. The first-order chi connectivity index (χ1) is 9.79. The highest BCUT2D eigenvalue weighted by atomic mass is 79.9. The zero-order chi connectivity index (χ0) is 16.2. The highest BCUT2D eigenvalue weighted by molar-refractivity contribution is 9.10. The van der Waals surface area contributed by atoms with Crippen LogP contribution in [0.3, 0.4) is 0 Å². The SMILES string of the molecule is C=C(/C=C\C)[C@H](C)N(C)C(=O)Cc1c(C)ccc(Br)c1Cl. The molecule has 0 aromatic heterocycles. The highest BCUT2D eigenvalue weighted by Crippen LogP contribution is 2.29. The van der Waals surface area contributed by atoms with Crippen LogP contribution in [-0.4, -0.2) is 23.9 Å². The molecule has 0 saturated heterocycles. The van der Waals surface area contributed by atoms with Gasteiger partial charge >= 0.3 is 0 Å². The third kappa shape index (κ3) is 4.45. The number of hydrogen-bond donors (Lipinski definition) is 0. The predicted octanol–water partition coefficient (Wildman–Crippen LogP) is 4.93. The molecule has 1 amide bonds. The van der Waals surface area contributed by atoms with Crippen LogP contribution in [0.25, 0.3) is 0 Å². The van der Waals surface area contributed by atoms with E-state index in [0.29, 0.717) is 5.02 Å². The van der Waals surface area contributed by atoms with Gasteiger partial charge in [0.15, 0.2) is 0 Å². The third-order valence-corrected chi connectivity index (χ3v) is 4.97. The lowest BCUT2D eigenvalue weighted by Gasteiger charge is -2.26. The first-order valence-corrected chi connectivity index (χ1v) is 7.97. The predicted molar refractivity (Wildman–Crippen MR) is 93.8 cm³/mol. The number of carbonyl (C=O) groups excluding carboxylic acids is 1. The number of likely N-dealkylation sites (N-methyl/N-ethyl adjacent to an activating group) is 1. The van der Waals surface area contributed by atoms with Gasteiger partial charge in [0.25, 0.3) is 0 Å². The molecular weight excluding hydrogens is 350 g/mol. The zero-order valence-corrected chi connectivity index (χ0v) is 15.3. The van der Waals surface area contributed by atoms with E-state index in [0.717, 1.165) is 21.2 Å². The normalized spacial score (nSPS) is 12.5. The number of amides is 1. The van der Waals surface area contributed by atoms with Crippen molar-refractivity contribution in [2.45, 2.75) is 33.2 Å². The van der Waals surface area contributed by atoms with E-state index in [2.05, 4.69) is 22.5 Å². The van der Waals surface area contributed by atoms with E-state index in [9.17, 15) is 4.79 Å². The molecule has 0 fully saturated rings. The van der Waals surface area contributed by atoms with Crippen molar-refractivity contribution in [1.82, 2.24) is 4.90 Å². The summed E-state index contributed by atoms with van der Waals surface area (Å²) in [6.07, 6.45) is 4.13. The second kappa shape index (κ2) is 7.81. The van der Waals surface area contributed by atoms with Crippen molar-refractivity contribution < 1.29 is 4.79 Å². The number of halogens is 2. The Morgan fingerprint density at radius 1 is 1.52 bits per heavy atom. The molecule has 1 aromatic carbocycles. The minimum Gasteiger partial charge on any atom is -0.339 e. The lowest BCUT2D eigenvalue weighted by molar-refractivity contribution is -0.130. The van der Waals surface area contributed by atoms with E-state index in [1.54, 1.807) is 11.9 Å². The van der Waals surface area contributed by atoms with Crippen LogP contribution in [0.2, 0.25) is 5.02 Å². The summed E-state index contributed by atoms with van der Waals surface area (Å²) in [6.45, 7) is 9.85. The first-order valence-electron chi connectivity index (χ1n) is 6.80. The summed E-state index contributed by atoms with van der Waals surface area (Å²) in [5, 5.41) is 0.608. The van der Waals surface area contributed by atoms with E-state index in [-0.39, 0.29) is 18.4 Å². The summed E-state index contributed by atoms with van der Waals surface area (Å²) in [5.74, 6) is 0.0243. The summed E-state index contributed by atoms with van der Waals surface area (Å²) in [4.78, 5) is 14.2. The van der Waals surface area contributed by atoms with E-state index in [4.69, 9.17) is 11.6 Å². The standard InChI is InChI=1S/C17H21BrClNO/c1-6-7-11(2)13(4)20(5)16(21)10-14-12(3)8-9-15(18)17(14)19/h6-9,13H,2,10H2,1,3-5H3/b7-6-/t13-/m0/s1. The van der Waals surface area contributed by atoms with Gasteiger partial charge in [0.1, 0.15) is 0 Å². The van der Waals surface area contributed by atoms with Crippen molar-refractivity contribution in [2.75, 3.05) is 7.05 Å². The Balaban J connectivity index is 2.91. The largest absolute Gasteiger partial charge is 0.339 e. The zero-order valence-electron chi connectivity index (χ0n) is 12.9. The first kappa shape index (κ1) is 18.0. The molecule has 0 radical (unpaired) electrons. The summed E-state index contributed by atoms with van der Waals surface area (Å²) in [5.41, 5.74) is 2.79. The fourth-order valence-electron chi connectivity index (χ4n) is 2.00. The lowest BCUT2D eigenvalue weighted by atomic mass is 10.0. The molecule has 0 saturated carbocycles. The van der Waals surface area contributed by atoms with Gasteiger partial charge in [0, 0.05) is 11.5 Å². The Hall–Kier alpha value is -1.06. The summed E-state index contributed by atoms with van der Waals surface area (Å²) < 4.78 is 0.812. The quantitative estimate of drug-likeness (QED) is 0.673.